The van der Waals surface area contributed by atoms with Crippen LogP contribution >= 0.6 is 9.24 Å². The van der Waals surface area contributed by atoms with Gasteiger partial charge in [-0.25, -0.2) is 0 Å². The highest BCUT2D eigenvalue weighted by Crippen LogP contribution is 2.08. The smallest absolute Gasteiger partial charge is 0.0177 e. The fraction of sp³-hybridized carbons (Fsp3) is 0.167. The number of hydrogen-bond donors (Lipinski definition) is 2. The molecule has 0 amide bonds. The lowest BCUT2D eigenvalue weighted by molar-refractivity contribution is 1.31. The molecule has 0 aliphatic rings. The van der Waals surface area contributed by atoms with Gasteiger partial charge in [-0.3, -0.25) is 0 Å². The summed E-state index contributed by atoms with van der Waals surface area (Å²) in [6, 6.07) is 0. The zero-order valence-electron chi connectivity index (χ0n) is 5.39. The first kappa shape index (κ1) is 8.38. The zero-order chi connectivity index (χ0) is 7.28. The van der Waals surface area contributed by atoms with Crippen molar-refractivity contribution in [3.63, 3.8) is 0 Å². The van der Waals surface area contributed by atoms with Crippen LogP contribution in [0.3, 0.4) is 0 Å². The van der Waals surface area contributed by atoms with Gasteiger partial charge in [0.15, 0.2) is 0 Å². The van der Waals surface area contributed by atoms with Gasteiger partial charge in [-0.2, -0.15) is 0 Å². The monoisotopic (exact) mass is 142 g/mol. The molecule has 0 radical (unpaired) electrons. The third-order valence-electron chi connectivity index (χ3n) is 0.827. The molecule has 1 unspecified atom stereocenters. The lowest BCUT2D eigenvalue weighted by Gasteiger charge is -1.92. The first-order chi connectivity index (χ1) is 4.18. The summed E-state index contributed by atoms with van der Waals surface area (Å²) in [6.07, 6.45) is 4.61. The second-order valence-corrected chi connectivity index (χ2v) is 2.29. The molecule has 0 bridgehead atoms. The van der Waals surface area contributed by atoms with Gasteiger partial charge in [-0.1, -0.05) is 6.08 Å². The van der Waals surface area contributed by atoms with Crippen molar-refractivity contribution in [3.8, 4) is 0 Å². The molecule has 3 N–H and O–H groups in total. The topological polar surface area (TPSA) is 49.9 Å². The lowest BCUT2D eigenvalue weighted by atomic mass is 10.4. The van der Waals surface area contributed by atoms with E-state index >= 15 is 0 Å². The Morgan fingerprint density at radius 3 is 2.56 bits per heavy atom. The van der Waals surface area contributed by atoms with Crippen molar-refractivity contribution < 1.29 is 0 Å². The van der Waals surface area contributed by atoms with Crippen LogP contribution in [0.5, 0.6) is 0 Å². The number of allylic oxidation sites excluding steroid dienone is 4. The van der Waals surface area contributed by atoms with Crippen LogP contribution in [0.2, 0.25) is 0 Å². The summed E-state index contributed by atoms with van der Waals surface area (Å²) in [5.74, 6) is 0. The Balaban J connectivity index is 4.06. The van der Waals surface area contributed by atoms with E-state index in [0.29, 0.717) is 0 Å². The van der Waals surface area contributed by atoms with E-state index in [4.69, 9.17) is 11.1 Å². The van der Waals surface area contributed by atoms with E-state index in [1.165, 1.54) is 6.21 Å². The van der Waals surface area contributed by atoms with Crippen LogP contribution in [0.4, 0.5) is 0 Å². The van der Waals surface area contributed by atoms with Gasteiger partial charge in [-0.05, 0) is 18.3 Å². The standard InChI is InChI=1S/C6H11N2P/c1-5(8)6(9)3-2-4-7/h2-4,7H,8-9H2,1H3/b3-2-,6-5+,7-4?. The highest BCUT2D eigenvalue weighted by molar-refractivity contribution is 7.23. The highest BCUT2D eigenvalue weighted by atomic mass is 31.0. The summed E-state index contributed by atoms with van der Waals surface area (Å²) < 4.78 is 0. The molecule has 0 fully saturated rings. The third-order valence-corrected chi connectivity index (χ3v) is 1.48. The number of nitrogens with one attached hydrogen (secondary N) is 1. The maximum absolute atomic E-state index is 6.65. The Bertz CT molecular complexity index is 154. The summed E-state index contributed by atoms with van der Waals surface area (Å²) in [5.41, 5.74) is 6.17. The summed E-state index contributed by atoms with van der Waals surface area (Å²) in [5, 5.41) is 7.58. The van der Waals surface area contributed by atoms with Gasteiger partial charge in [0.05, 0.1) is 0 Å². The molecule has 0 aromatic heterocycles. The fourth-order valence-electron chi connectivity index (χ4n) is 0.283. The van der Waals surface area contributed by atoms with Gasteiger partial charge in [0, 0.05) is 11.9 Å². The van der Waals surface area contributed by atoms with E-state index in [9.17, 15) is 0 Å². The van der Waals surface area contributed by atoms with E-state index in [1.807, 2.05) is 6.92 Å². The van der Waals surface area contributed by atoms with Crippen LogP contribution in [0.1, 0.15) is 6.92 Å². The second-order valence-electron chi connectivity index (χ2n) is 1.66. The SMILES string of the molecule is C/C(N)=C(P)/C=C\C=N. The molecule has 0 aliphatic carbocycles. The minimum Gasteiger partial charge on any atom is -0.402 e. The van der Waals surface area contributed by atoms with E-state index in [2.05, 4.69) is 9.24 Å². The molecule has 0 rings (SSSR count). The number of nitrogens with two attached hydrogens (primary N) is 1. The van der Waals surface area contributed by atoms with Gasteiger partial charge < -0.3 is 11.1 Å². The van der Waals surface area contributed by atoms with Crippen LogP contribution in [-0.4, -0.2) is 6.21 Å². The average molecular weight is 142 g/mol. The Labute approximate surface area is 57.5 Å². The minimum atomic E-state index is 0.762. The van der Waals surface area contributed by atoms with Crippen molar-refractivity contribution in [1.29, 1.82) is 5.41 Å². The number of rotatable bonds is 2. The van der Waals surface area contributed by atoms with E-state index < -0.39 is 0 Å². The van der Waals surface area contributed by atoms with Gasteiger partial charge in [0.25, 0.3) is 0 Å². The van der Waals surface area contributed by atoms with Gasteiger partial charge in [0.2, 0.25) is 0 Å². The molecule has 0 aromatic rings. The Hall–Kier alpha value is -0.620. The van der Waals surface area contributed by atoms with Crippen molar-refractivity contribution in [2.75, 3.05) is 0 Å². The predicted molar refractivity (Wildman–Crippen MR) is 44.5 cm³/mol. The highest BCUT2D eigenvalue weighted by Gasteiger charge is 1.82. The van der Waals surface area contributed by atoms with Gasteiger partial charge in [-0.15, -0.1) is 9.24 Å². The van der Waals surface area contributed by atoms with Crippen molar-refractivity contribution in [2.45, 2.75) is 6.92 Å². The van der Waals surface area contributed by atoms with Crippen LogP contribution in [-0.2, 0) is 0 Å². The first-order valence-electron chi connectivity index (χ1n) is 2.57. The van der Waals surface area contributed by atoms with Crippen LogP contribution in [0.15, 0.2) is 23.2 Å². The van der Waals surface area contributed by atoms with E-state index in [1.54, 1.807) is 12.2 Å². The molecule has 50 valence electrons. The van der Waals surface area contributed by atoms with Crippen LogP contribution in [0.25, 0.3) is 0 Å². The molecule has 0 aromatic carbocycles. The molecule has 2 nitrogen and oxygen atoms in total. The van der Waals surface area contributed by atoms with Gasteiger partial charge >= 0.3 is 0 Å². The fourth-order valence-corrected chi connectivity index (χ4v) is 0.394. The maximum Gasteiger partial charge on any atom is 0.0177 e. The molecule has 0 heterocycles. The maximum atomic E-state index is 6.65. The van der Waals surface area contributed by atoms with Gasteiger partial charge in [0.1, 0.15) is 0 Å². The molecule has 3 heteroatoms. The summed E-state index contributed by atoms with van der Waals surface area (Å²) in [7, 11) is 2.49. The summed E-state index contributed by atoms with van der Waals surface area (Å²) >= 11 is 0. The third kappa shape index (κ3) is 3.92. The quantitative estimate of drug-likeness (QED) is 0.340. The van der Waals surface area contributed by atoms with Crippen molar-refractivity contribution >= 4 is 15.5 Å². The summed E-state index contributed by atoms with van der Waals surface area (Å²) in [6.45, 7) is 1.82. The van der Waals surface area contributed by atoms with E-state index in [-0.39, 0.29) is 0 Å². The molecule has 9 heavy (non-hydrogen) atoms. The predicted octanol–water partition coefficient (Wildman–Crippen LogP) is 1.26. The van der Waals surface area contributed by atoms with Crippen molar-refractivity contribution in [3.05, 3.63) is 23.2 Å². The molecular weight excluding hydrogens is 131 g/mol. The zero-order valence-corrected chi connectivity index (χ0v) is 6.54. The molecule has 0 saturated carbocycles. The first-order valence-corrected chi connectivity index (χ1v) is 3.15. The molecule has 0 saturated heterocycles. The molecular formula is C6H11N2P. The Morgan fingerprint density at radius 2 is 2.22 bits per heavy atom. The lowest BCUT2D eigenvalue weighted by Crippen LogP contribution is -1.91. The average Bonchev–Trinajstić information content (AvgIpc) is 1.82. The normalized spacial score (nSPS) is 13.6. The van der Waals surface area contributed by atoms with Crippen LogP contribution in [0, 0.1) is 5.41 Å². The number of hydrogen-bond acceptors (Lipinski definition) is 2. The Morgan fingerprint density at radius 1 is 1.67 bits per heavy atom. The van der Waals surface area contributed by atoms with Crippen molar-refractivity contribution in [1.82, 2.24) is 0 Å². The molecule has 0 aliphatic heterocycles. The van der Waals surface area contributed by atoms with Crippen LogP contribution < -0.4 is 5.73 Å². The second kappa shape index (κ2) is 4.28. The van der Waals surface area contributed by atoms with E-state index in [0.717, 1.165) is 11.0 Å². The largest absolute Gasteiger partial charge is 0.402 e. The minimum absolute atomic E-state index is 0.762. The molecule has 1 atom stereocenters. The molecule has 0 spiro atoms. The summed E-state index contributed by atoms with van der Waals surface area (Å²) in [4.78, 5) is 0. The van der Waals surface area contributed by atoms with Crippen molar-refractivity contribution in [2.24, 2.45) is 5.73 Å². The Kier molecular flexibility index (Phi) is 3.98.